The fraction of sp³-hybridized carbons (Fsp3) is 0.160. The first-order valence-corrected chi connectivity index (χ1v) is 12.2. The Morgan fingerprint density at radius 1 is 0.939 bits per heavy atom. The van der Waals surface area contributed by atoms with Crippen LogP contribution in [0.5, 0.6) is 5.75 Å². The van der Waals surface area contributed by atoms with Gasteiger partial charge in [-0.25, -0.2) is 4.98 Å². The number of anilines is 2. The molecule has 0 unspecified atom stereocenters. The van der Waals surface area contributed by atoms with E-state index in [0.29, 0.717) is 12.8 Å². The smallest absolute Gasteiger partial charge is 0.234 e. The van der Waals surface area contributed by atoms with Gasteiger partial charge in [0.05, 0.1) is 23.1 Å². The summed E-state index contributed by atoms with van der Waals surface area (Å²) in [5.74, 6) is 0.876. The average Bonchev–Trinajstić information content (AvgIpc) is 3.25. The third-order valence-corrected chi connectivity index (χ3v) is 7.00. The highest BCUT2D eigenvalue weighted by Crippen LogP contribution is 2.31. The number of hydrogen-bond donors (Lipinski definition) is 2. The van der Waals surface area contributed by atoms with Gasteiger partial charge in [0, 0.05) is 17.8 Å². The maximum Gasteiger partial charge on any atom is 0.234 e. The highest BCUT2D eigenvalue weighted by Gasteiger charge is 2.10. The van der Waals surface area contributed by atoms with E-state index >= 15 is 0 Å². The van der Waals surface area contributed by atoms with E-state index in [-0.39, 0.29) is 17.6 Å². The number of nitrogens with zero attached hydrogens (tertiary/aromatic N) is 1. The summed E-state index contributed by atoms with van der Waals surface area (Å²) < 4.78 is 6.90. The number of nitrogens with one attached hydrogen (secondary N) is 2. The first kappa shape index (κ1) is 22.8. The third kappa shape index (κ3) is 6.57. The number of hydrogen-bond acceptors (Lipinski definition) is 6. The molecule has 0 aliphatic heterocycles. The minimum Gasteiger partial charge on any atom is -0.497 e. The fourth-order valence-corrected chi connectivity index (χ4v) is 5.08. The normalized spacial score (nSPS) is 10.7. The zero-order chi connectivity index (χ0) is 23.0. The van der Waals surface area contributed by atoms with Crippen LogP contribution < -0.4 is 15.4 Å². The Labute approximate surface area is 200 Å². The lowest BCUT2D eigenvalue weighted by atomic mass is 10.1. The van der Waals surface area contributed by atoms with Crippen molar-refractivity contribution in [3.8, 4) is 5.75 Å². The monoisotopic (exact) mass is 477 g/mol. The van der Waals surface area contributed by atoms with Crippen LogP contribution in [-0.4, -0.2) is 29.7 Å². The van der Waals surface area contributed by atoms with Gasteiger partial charge < -0.3 is 15.4 Å². The summed E-state index contributed by atoms with van der Waals surface area (Å²) >= 11 is 2.90. The Morgan fingerprint density at radius 2 is 1.67 bits per heavy atom. The van der Waals surface area contributed by atoms with E-state index in [2.05, 4.69) is 15.6 Å². The van der Waals surface area contributed by atoms with Crippen LogP contribution in [0.25, 0.3) is 10.2 Å². The summed E-state index contributed by atoms with van der Waals surface area (Å²) in [6.45, 7) is 0. The molecule has 1 aromatic heterocycles. The maximum atomic E-state index is 12.3. The maximum absolute atomic E-state index is 12.3. The van der Waals surface area contributed by atoms with E-state index in [1.54, 1.807) is 31.4 Å². The molecule has 2 amide bonds. The van der Waals surface area contributed by atoms with Crippen molar-refractivity contribution in [2.24, 2.45) is 0 Å². The molecule has 0 saturated carbocycles. The number of carbonyl (C=O) groups is 2. The average molecular weight is 478 g/mol. The van der Waals surface area contributed by atoms with Gasteiger partial charge in [0.15, 0.2) is 4.34 Å². The van der Waals surface area contributed by atoms with Crippen LogP contribution in [0.1, 0.15) is 12.0 Å². The number of amides is 2. The molecule has 4 rings (SSSR count). The molecule has 2 N–H and O–H groups in total. The summed E-state index contributed by atoms with van der Waals surface area (Å²) in [6.07, 6.45) is 1.13. The standard InChI is InChI=1S/C25H23N3O3S2/c1-31-20-11-8-18(9-12-20)26-24(30)16-32-25-28-21-13-10-19(15-22(21)33-25)27-23(29)14-7-17-5-3-2-4-6-17/h2-6,8-13,15H,7,14,16H2,1H3,(H,26,30)(H,27,29). The molecule has 6 nitrogen and oxygen atoms in total. The molecule has 3 aromatic carbocycles. The highest BCUT2D eigenvalue weighted by atomic mass is 32.2. The number of aryl methyl sites for hydroxylation is 1. The van der Waals surface area contributed by atoms with Crippen molar-refractivity contribution >= 4 is 56.5 Å². The number of aromatic nitrogens is 1. The SMILES string of the molecule is COc1ccc(NC(=O)CSc2nc3ccc(NC(=O)CCc4ccccc4)cc3s2)cc1. The molecular formula is C25H23N3O3S2. The number of fused-ring (bicyclic) bond motifs is 1. The molecule has 0 aliphatic carbocycles. The number of benzene rings is 3. The quantitative estimate of drug-likeness (QED) is 0.307. The molecule has 1 heterocycles. The van der Waals surface area contributed by atoms with Crippen LogP contribution in [0.15, 0.2) is 77.1 Å². The molecule has 0 fully saturated rings. The Kier molecular flexibility index (Phi) is 7.59. The minimum atomic E-state index is -0.101. The third-order valence-electron chi connectivity index (χ3n) is 4.84. The topological polar surface area (TPSA) is 80.3 Å². The number of thioether (sulfide) groups is 1. The fourth-order valence-electron chi connectivity index (χ4n) is 3.17. The molecule has 0 radical (unpaired) electrons. The number of methoxy groups -OCH3 is 1. The predicted octanol–water partition coefficient (Wildman–Crippen LogP) is 5.61. The molecule has 4 aromatic rings. The molecule has 33 heavy (non-hydrogen) atoms. The lowest BCUT2D eigenvalue weighted by Crippen LogP contribution is -2.13. The van der Waals surface area contributed by atoms with Crippen LogP contribution in [0.3, 0.4) is 0 Å². The van der Waals surface area contributed by atoms with Crippen LogP contribution in [-0.2, 0) is 16.0 Å². The van der Waals surface area contributed by atoms with E-state index in [4.69, 9.17) is 4.74 Å². The largest absolute Gasteiger partial charge is 0.497 e. The van der Waals surface area contributed by atoms with E-state index in [1.165, 1.54) is 23.1 Å². The number of ether oxygens (including phenoxy) is 1. The van der Waals surface area contributed by atoms with Gasteiger partial charge in [-0.1, -0.05) is 42.1 Å². The Balaban J connectivity index is 1.29. The van der Waals surface area contributed by atoms with Gasteiger partial charge in [0.2, 0.25) is 11.8 Å². The zero-order valence-electron chi connectivity index (χ0n) is 18.0. The Hall–Kier alpha value is -3.36. The van der Waals surface area contributed by atoms with Gasteiger partial charge in [0.25, 0.3) is 0 Å². The van der Waals surface area contributed by atoms with Crippen molar-refractivity contribution in [2.75, 3.05) is 23.5 Å². The second-order valence-electron chi connectivity index (χ2n) is 7.26. The lowest BCUT2D eigenvalue weighted by Gasteiger charge is -2.05. The number of rotatable bonds is 9. The molecular weight excluding hydrogens is 454 g/mol. The lowest BCUT2D eigenvalue weighted by molar-refractivity contribution is -0.116. The van der Waals surface area contributed by atoms with Gasteiger partial charge >= 0.3 is 0 Å². The van der Waals surface area contributed by atoms with E-state index in [0.717, 1.165) is 37.2 Å². The number of carbonyl (C=O) groups excluding carboxylic acids is 2. The highest BCUT2D eigenvalue weighted by molar-refractivity contribution is 8.01. The summed E-state index contributed by atoms with van der Waals surface area (Å²) in [7, 11) is 1.60. The van der Waals surface area contributed by atoms with Crippen LogP contribution in [0, 0.1) is 0 Å². The zero-order valence-corrected chi connectivity index (χ0v) is 19.7. The van der Waals surface area contributed by atoms with Crippen molar-refractivity contribution in [3.63, 3.8) is 0 Å². The molecule has 0 saturated heterocycles. The molecule has 0 aliphatic rings. The van der Waals surface area contributed by atoms with Gasteiger partial charge in [-0.3, -0.25) is 9.59 Å². The summed E-state index contributed by atoms with van der Waals surface area (Å²) in [5, 5.41) is 5.83. The first-order chi connectivity index (χ1) is 16.1. The second kappa shape index (κ2) is 11.0. The molecule has 168 valence electrons. The van der Waals surface area contributed by atoms with Crippen molar-refractivity contribution < 1.29 is 14.3 Å². The van der Waals surface area contributed by atoms with Crippen LogP contribution >= 0.6 is 23.1 Å². The molecule has 8 heteroatoms. The second-order valence-corrected chi connectivity index (χ2v) is 9.51. The minimum absolute atomic E-state index is 0.0208. The van der Waals surface area contributed by atoms with Crippen molar-refractivity contribution in [1.29, 1.82) is 0 Å². The van der Waals surface area contributed by atoms with Gasteiger partial charge in [-0.2, -0.15) is 0 Å². The summed E-state index contributed by atoms with van der Waals surface area (Å²) in [5.41, 5.74) is 3.46. The van der Waals surface area contributed by atoms with Gasteiger partial charge in [-0.05, 0) is 54.4 Å². The molecule has 0 atom stereocenters. The van der Waals surface area contributed by atoms with Crippen molar-refractivity contribution in [2.45, 2.75) is 17.2 Å². The van der Waals surface area contributed by atoms with Gasteiger partial charge in [-0.15, -0.1) is 11.3 Å². The summed E-state index contributed by atoms with van der Waals surface area (Å²) in [6, 6.07) is 22.8. The Morgan fingerprint density at radius 3 is 2.42 bits per heavy atom. The summed E-state index contributed by atoms with van der Waals surface area (Å²) in [4.78, 5) is 29.2. The first-order valence-electron chi connectivity index (χ1n) is 10.4. The predicted molar refractivity (Wildman–Crippen MR) is 135 cm³/mol. The Bertz CT molecular complexity index is 1240. The van der Waals surface area contributed by atoms with Crippen molar-refractivity contribution in [3.05, 3.63) is 78.4 Å². The van der Waals surface area contributed by atoms with Crippen LogP contribution in [0.4, 0.5) is 11.4 Å². The molecule has 0 spiro atoms. The van der Waals surface area contributed by atoms with E-state index < -0.39 is 0 Å². The number of thiazole rings is 1. The van der Waals surface area contributed by atoms with Crippen molar-refractivity contribution in [1.82, 2.24) is 4.98 Å². The van der Waals surface area contributed by atoms with E-state index in [9.17, 15) is 9.59 Å². The van der Waals surface area contributed by atoms with Crippen LogP contribution in [0.2, 0.25) is 0 Å². The van der Waals surface area contributed by atoms with Gasteiger partial charge in [0.1, 0.15) is 5.75 Å². The molecule has 0 bridgehead atoms. The van der Waals surface area contributed by atoms with E-state index in [1.807, 2.05) is 48.5 Å².